The zero-order valence-electron chi connectivity index (χ0n) is 10.4. The van der Waals surface area contributed by atoms with E-state index in [9.17, 15) is 9.59 Å². The summed E-state index contributed by atoms with van der Waals surface area (Å²) in [7, 11) is 0. The van der Waals surface area contributed by atoms with Gasteiger partial charge < -0.3 is 14.8 Å². The monoisotopic (exact) mass is 337 g/mol. The van der Waals surface area contributed by atoms with E-state index in [-0.39, 0.29) is 23.6 Å². The molecular weight excluding hydrogens is 326 g/mol. The molecule has 1 aromatic carbocycles. The standard InChI is InChI=1S/C14H12BrNO4/c15-11-5-1-4-10(14(18)19)13(11)16-12(17)7-6-9-3-2-8-20-9/h1-5,8H,6-7H2,(H,16,17)(H,18,19). The number of nitrogens with one attached hydrogen (secondary N) is 1. The zero-order valence-corrected chi connectivity index (χ0v) is 12.0. The topological polar surface area (TPSA) is 79.5 Å². The van der Waals surface area contributed by atoms with Gasteiger partial charge in [0.25, 0.3) is 0 Å². The summed E-state index contributed by atoms with van der Waals surface area (Å²) in [6, 6.07) is 8.26. The van der Waals surface area contributed by atoms with Crippen molar-refractivity contribution in [2.45, 2.75) is 12.8 Å². The number of halogens is 1. The third kappa shape index (κ3) is 3.48. The Morgan fingerprint density at radius 1 is 1.25 bits per heavy atom. The van der Waals surface area contributed by atoms with Crippen LogP contribution in [-0.4, -0.2) is 17.0 Å². The molecule has 6 heteroatoms. The Balaban J connectivity index is 2.06. The van der Waals surface area contributed by atoms with E-state index in [4.69, 9.17) is 9.52 Å². The Bertz CT molecular complexity index is 622. The number of hydrogen-bond acceptors (Lipinski definition) is 3. The predicted molar refractivity (Wildman–Crippen MR) is 76.8 cm³/mol. The Kier molecular flexibility index (Phi) is 4.57. The molecule has 0 radical (unpaired) electrons. The van der Waals surface area contributed by atoms with Crippen LogP contribution in [0.4, 0.5) is 5.69 Å². The number of aromatic carboxylic acids is 1. The molecule has 2 rings (SSSR count). The number of amides is 1. The van der Waals surface area contributed by atoms with Crippen molar-refractivity contribution >= 4 is 33.5 Å². The lowest BCUT2D eigenvalue weighted by atomic mass is 10.1. The minimum Gasteiger partial charge on any atom is -0.478 e. The average molecular weight is 338 g/mol. The Hall–Kier alpha value is -2.08. The molecule has 5 nitrogen and oxygen atoms in total. The molecule has 2 aromatic rings. The van der Waals surface area contributed by atoms with Crippen LogP contribution in [0.3, 0.4) is 0 Å². The highest BCUT2D eigenvalue weighted by Crippen LogP contribution is 2.26. The first-order chi connectivity index (χ1) is 9.58. The van der Waals surface area contributed by atoms with Crippen LogP contribution >= 0.6 is 15.9 Å². The first-order valence-electron chi connectivity index (χ1n) is 5.92. The van der Waals surface area contributed by atoms with E-state index in [0.717, 1.165) is 0 Å². The summed E-state index contributed by atoms with van der Waals surface area (Å²) >= 11 is 3.24. The van der Waals surface area contributed by atoms with Crippen LogP contribution in [0, 0.1) is 0 Å². The van der Waals surface area contributed by atoms with Crippen LogP contribution in [0.25, 0.3) is 0 Å². The molecule has 104 valence electrons. The summed E-state index contributed by atoms with van der Waals surface area (Å²) in [4.78, 5) is 23.0. The van der Waals surface area contributed by atoms with Crippen LogP contribution in [0.15, 0.2) is 45.5 Å². The van der Waals surface area contributed by atoms with E-state index >= 15 is 0 Å². The SMILES string of the molecule is O=C(CCc1ccco1)Nc1c(Br)cccc1C(=O)O. The summed E-state index contributed by atoms with van der Waals surface area (Å²) in [5, 5.41) is 11.7. The van der Waals surface area contributed by atoms with E-state index in [0.29, 0.717) is 16.7 Å². The second-order valence-electron chi connectivity index (χ2n) is 4.10. The minimum atomic E-state index is -1.09. The minimum absolute atomic E-state index is 0.0470. The number of carboxylic acid groups (broad SMARTS) is 1. The highest BCUT2D eigenvalue weighted by molar-refractivity contribution is 9.10. The summed E-state index contributed by atoms with van der Waals surface area (Å²) in [6.07, 6.45) is 2.23. The number of aryl methyl sites for hydroxylation is 1. The van der Waals surface area contributed by atoms with Crippen molar-refractivity contribution in [3.63, 3.8) is 0 Å². The smallest absolute Gasteiger partial charge is 0.337 e. The van der Waals surface area contributed by atoms with Crippen LogP contribution < -0.4 is 5.32 Å². The summed E-state index contributed by atoms with van der Waals surface area (Å²) in [5.74, 6) is -0.644. The van der Waals surface area contributed by atoms with Crippen LogP contribution in [0.2, 0.25) is 0 Å². The van der Waals surface area contributed by atoms with Crippen molar-refractivity contribution in [3.05, 3.63) is 52.4 Å². The Morgan fingerprint density at radius 3 is 2.70 bits per heavy atom. The van der Waals surface area contributed by atoms with Crippen molar-refractivity contribution in [2.75, 3.05) is 5.32 Å². The lowest BCUT2D eigenvalue weighted by molar-refractivity contribution is -0.116. The highest BCUT2D eigenvalue weighted by atomic mass is 79.9. The molecule has 1 aromatic heterocycles. The molecule has 2 N–H and O–H groups in total. The average Bonchev–Trinajstić information content (AvgIpc) is 2.91. The van der Waals surface area contributed by atoms with Gasteiger partial charge in [0.05, 0.1) is 17.5 Å². The summed E-state index contributed by atoms with van der Waals surface area (Å²) in [6.45, 7) is 0. The molecule has 0 unspecified atom stereocenters. The molecule has 1 amide bonds. The van der Waals surface area contributed by atoms with E-state index in [1.165, 1.54) is 6.07 Å². The summed E-state index contributed by atoms with van der Waals surface area (Å²) in [5.41, 5.74) is 0.315. The van der Waals surface area contributed by atoms with Gasteiger partial charge in [-0.15, -0.1) is 0 Å². The quantitative estimate of drug-likeness (QED) is 0.877. The third-order valence-corrected chi connectivity index (χ3v) is 3.35. The number of furan rings is 1. The van der Waals surface area contributed by atoms with E-state index in [1.54, 1.807) is 30.5 Å². The molecule has 0 fully saturated rings. The van der Waals surface area contributed by atoms with Gasteiger partial charge in [0, 0.05) is 17.3 Å². The molecule has 0 atom stereocenters. The second kappa shape index (κ2) is 6.38. The number of benzene rings is 1. The zero-order chi connectivity index (χ0) is 14.5. The van der Waals surface area contributed by atoms with Gasteiger partial charge in [0.2, 0.25) is 5.91 Å². The first kappa shape index (κ1) is 14.3. The first-order valence-corrected chi connectivity index (χ1v) is 6.71. The number of anilines is 1. The normalized spacial score (nSPS) is 10.2. The highest BCUT2D eigenvalue weighted by Gasteiger charge is 2.15. The van der Waals surface area contributed by atoms with E-state index in [1.807, 2.05) is 0 Å². The van der Waals surface area contributed by atoms with Gasteiger partial charge in [-0.1, -0.05) is 6.07 Å². The third-order valence-electron chi connectivity index (χ3n) is 2.69. The number of carbonyl (C=O) groups excluding carboxylic acids is 1. The molecule has 0 bridgehead atoms. The molecule has 0 saturated carbocycles. The fraction of sp³-hybridized carbons (Fsp3) is 0.143. The van der Waals surface area contributed by atoms with Gasteiger partial charge >= 0.3 is 5.97 Å². The maximum Gasteiger partial charge on any atom is 0.337 e. The van der Waals surface area contributed by atoms with Gasteiger partial charge in [-0.25, -0.2) is 4.79 Å². The van der Waals surface area contributed by atoms with Crippen LogP contribution in [-0.2, 0) is 11.2 Å². The van der Waals surface area contributed by atoms with Gasteiger partial charge in [-0.3, -0.25) is 4.79 Å². The maximum absolute atomic E-state index is 11.9. The van der Waals surface area contributed by atoms with E-state index < -0.39 is 5.97 Å². The molecular formula is C14H12BrNO4. The van der Waals surface area contributed by atoms with Gasteiger partial charge in [-0.05, 0) is 40.2 Å². The fourth-order valence-corrected chi connectivity index (χ4v) is 2.19. The van der Waals surface area contributed by atoms with E-state index in [2.05, 4.69) is 21.2 Å². The molecule has 0 spiro atoms. The Morgan fingerprint density at radius 2 is 2.05 bits per heavy atom. The van der Waals surface area contributed by atoms with Crippen molar-refractivity contribution < 1.29 is 19.1 Å². The largest absolute Gasteiger partial charge is 0.478 e. The molecule has 0 aliphatic heterocycles. The number of carbonyl (C=O) groups is 2. The lowest BCUT2D eigenvalue weighted by Crippen LogP contribution is -2.15. The molecule has 0 saturated heterocycles. The molecule has 1 heterocycles. The summed E-state index contributed by atoms with van der Waals surface area (Å²) < 4.78 is 5.67. The molecule has 0 aliphatic rings. The predicted octanol–water partition coefficient (Wildman–Crippen LogP) is 3.31. The van der Waals surface area contributed by atoms with Gasteiger partial charge in [-0.2, -0.15) is 0 Å². The van der Waals surface area contributed by atoms with Crippen LogP contribution in [0.1, 0.15) is 22.5 Å². The Labute approximate surface area is 123 Å². The van der Waals surface area contributed by atoms with Gasteiger partial charge in [0.1, 0.15) is 5.76 Å². The van der Waals surface area contributed by atoms with Crippen molar-refractivity contribution in [3.8, 4) is 0 Å². The van der Waals surface area contributed by atoms with Crippen molar-refractivity contribution in [2.24, 2.45) is 0 Å². The molecule has 0 aliphatic carbocycles. The second-order valence-corrected chi connectivity index (χ2v) is 4.95. The number of hydrogen-bond donors (Lipinski definition) is 2. The number of rotatable bonds is 5. The van der Waals surface area contributed by atoms with Crippen molar-refractivity contribution in [1.82, 2.24) is 0 Å². The lowest BCUT2D eigenvalue weighted by Gasteiger charge is -2.10. The van der Waals surface area contributed by atoms with Gasteiger partial charge in [0.15, 0.2) is 0 Å². The molecule has 20 heavy (non-hydrogen) atoms. The van der Waals surface area contributed by atoms with Crippen molar-refractivity contribution in [1.29, 1.82) is 0 Å². The van der Waals surface area contributed by atoms with Crippen LogP contribution in [0.5, 0.6) is 0 Å². The fourth-order valence-electron chi connectivity index (χ4n) is 1.72. The maximum atomic E-state index is 11.9. The number of para-hydroxylation sites is 1. The number of carboxylic acids is 1.